The summed E-state index contributed by atoms with van der Waals surface area (Å²) in [7, 11) is 0. The summed E-state index contributed by atoms with van der Waals surface area (Å²) in [6.07, 6.45) is 0. The lowest BCUT2D eigenvalue weighted by Gasteiger charge is -2.05. The van der Waals surface area contributed by atoms with Gasteiger partial charge < -0.3 is 5.11 Å². The van der Waals surface area contributed by atoms with Crippen molar-refractivity contribution < 1.29 is 5.11 Å². The second-order valence-corrected chi connectivity index (χ2v) is 7.19. The smallest absolute Gasteiger partial charge is 0.116 e. The van der Waals surface area contributed by atoms with E-state index in [0.717, 1.165) is 5.39 Å². The first-order valence-corrected chi connectivity index (χ1v) is 8.50. The summed E-state index contributed by atoms with van der Waals surface area (Å²) >= 11 is 1.82. The Morgan fingerprint density at radius 2 is 1.26 bits per heavy atom. The van der Waals surface area contributed by atoms with Crippen molar-refractivity contribution in [3.05, 3.63) is 66.2 Å². The molecule has 0 spiro atoms. The number of phenolic OH excluding ortho intramolecular Hbond substituents is 1. The molecular formula is C21H14OS. The Balaban J connectivity index is 2.14. The summed E-state index contributed by atoms with van der Waals surface area (Å²) in [5.74, 6) is 0.320. The van der Waals surface area contributed by atoms with Gasteiger partial charge in [0.05, 0.1) is 0 Å². The molecule has 1 nitrogen and oxygen atoms in total. The van der Waals surface area contributed by atoms with Crippen LogP contribution < -0.4 is 0 Å². The molecule has 0 bridgehead atoms. The third-order valence-electron chi connectivity index (χ3n) is 4.58. The maximum atomic E-state index is 9.96. The van der Waals surface area contributed by atoms with Crippen LogP contribution in [-0.2, 0) is 0 Å². The fourth-order valence-corrected chi connectivity index (χ4v) is 4.64. The Labute approximate surface area is 137 Å². The lowest BCUT2D eigenvalue weighted by Crippen LogP contribution is -1.79. The van der Waals surface area contributed by atoms with Crippen LogP contribution in [0.15, 0.2) is 60.7 Å². The number of hydrogen-bond donors (Lipinski definition) is 1. The van der Waals surface area contributed by atoms with Crippen molar-refractivity contribution in [2.45, 2.75) is 6.92 Å². The van der Waals surface area contributed by atoms with Crippen molar-refractivity contribution in [1.82, 2.24) is 0 Å². The molecule has 0 saturated heterocycles. The minimum absolute atomic E-state index is 0.320. The molecule has 0 amide bonds. The first kappa shape index (κ1) is 12.9. The molecule has 0 fully saturated rings. The molecule has 0 aliphatic heterocycles. The quantitative estimate of drug-likeness (QED) is 0.352. The molecule has 1 heterocycles. The van der Waals surface area contributed by atoms with Crippen molar-refractivity contribution in [2.75, 3.05) is 0 Å². The normalized spacial score (nSPS) is 11.9. The van der Waals surface area contributed by atoms with Crippen molar-refractivity contribution >= 4 is 53.1 Å². The Morgan fingerprint density at radius 1 is 0.696 bits per heavy atom. The summed E-state index contributed by atoms with van der Waals surface area (Å²) in [6.45, 7) is 2.14. The van der Waals surface area contributed by atoms with E-state index in [2.05, 4.69) is 49.4 Å². The van der Waals surface area contributed by atoms with Gasteiger partial charge in [-0.1, -0.05) is 42.0 Å². The Kier molecular flexibility index (Phi) is 2.51. The summed E-state index contributed by atoms with van der Waals surface area (Å²) in [4.78, 5) is 0. The standard InChI is InChI=1S/C21H14OS/c1-12-2-3-13-5-8-18-20(16(13)10-12)21-17-11-15(22)7-4-14(17)6-9-19(21)23-18/h2-11,22H,1H3. The molecule has 0 aliphatic carbocycles. The Hall–Kier alpha value is -2.58. The molecule has 0 saturated carbocycles. The minimum atomic E-state index is 0.320. The minimum Gasteiger partial charge on any atom is -0.508 e. The van der Waals surface area contributed by atoms with Crippen LogP contribution in [-0.4, -0.2) is 5.11 Å². The van der Waals surface area contributed by atoms with E-state index in [9.17, 15) is 5.11 Å². The van der Waals surface area contributed by atoms with Crippen LogP contribution in [0.4, 0.5) is 0 Å². The van der Waals surface area contributed by atoms with Crippen LogP contribution in [0.2, 0.25) is 0 Å². The number of hydrogen-bond acceptors (Lipinski definition) is 2. The lowest BCUT2D eigenvalue weighted by atomic mass is 9.98. The van der Waals surface area contributed by atoms with E-state index < -0.39 is 0 Å². The molecule has 5 aromatic rings. The molecule has 0 atom stereocenters. The van der Waals surface area contributed by atoms with Gasteiger partial charge in [0.2, 0.25) is 0 Å². The van der Waals surface area contributed by atoms with Gasteiger partial charge >= 0.3 is 0 Å². The highest BCUT2D eigenvalue weighted by Crippen LogP contribution is 2.42. The second kappa shape index (κ2) is 4.46. The molecule has 0 unspecified atom stereocenters. The Morgan fingerprint density at radius 3 is 1.96 bits per heavy atom. The van der Waals surface area contributed by atoms with Gasteiger partial charge in [-0.3, -0.25) is 0 Å². The van der Waals surface area contributed by atoms with Crippen molar-refractivity contribution in [3.8, 4) is 5.75 Å². The van der Waals surface area contributed by atoms with Crippen molar-refractivity contribution in [2.24, 2.45) is 0 Å². The van der Waals surface area contributed by atoms with Gasteiger partial charge in [-0.2, -0.15) is 0 Å². The van der Waals surface area contributed by atoms with Gasteiger partial charge in [-0.15, -0.1) is 11.3 Å². The first-order valence-electron chi connectivity index (χ1n) is 7.68. The van der Waals surface area contributed by atoms with Crippen LogP contribution in [0.1, 0.15) is 5.56 Å². The lowest BCUT2D eigenvalue weighted by molar-refractivity contribution is 0.476. The van der Waals surface area contributed by atoms with E-state index in [1.54, 1.807) is 6.07 Å². The number of thiophene rings is 1. The molecule has 23 heavy (non-hydrogen) atoms. The predicted octanol–water partition coefficient (Wildman–Crippen LogP) is 6.37. The highest BCUT2D eigenvalue weighted by Gasteiger charge is 2.12. The fraction of sp³-hybridized carbons (Fsp3) is 0.0476. The topological polar surface area (TPSA) is 20.2 Å². The zero-order valence-electron chi connectivity index (χ0n) is 12.6. The van der Waals surface area contributed by atoms with Crippen LogP contribution in [0, 0.1) is 6.92 Å². The van der Waals surface area contributed by atoms with E-state index in [1.165, 1.54) is 41.9 Å². The van der Waals surface area contributed by atoms with Crippen LogP contribution in [0.5, 0.6) is 5.75 Å². The van der Waals surface area contributed by atoms with Crippen LogP contribution in [0.25, 0.3) is 41.7 Å². The molecule has 5 rings (SSSR count). The molecule has 4 aromatic carbocycles. The van der Waals surface area contributed by atoms with Crippen molar-refractivity contribution in [1.29, 1.82) is 0 Å². The Bertz CT molecular complexity index is 1130. The van der Waals surface area contributed by atoms with Gasteiger partial charge in [0, 0.05) is 20.2 Å². The number of fused-ring (bicyclic) bond motifs is 7. The zero-order valence-corrected chi connectivity index (χ0v) is 13.4. The molecule has 1 N–H and O–H groups in total. The molecular weight excluding hydrogens is 300 g/mol. The predicted molar refractivity (Wildman–Crippen MR) is 101 cm³/mol. The summed E-state index contributed by atoms with van der Waals surface area (Å²) < 4.78 is 2.57. The van der Waals surface area contributed by atoms with E-state index in [-0.39, 0.29) is 0 Å². The van der Waals surface area contributed by atoms with Gasteiger partial charge in [-0.25, -0.2) is 0 Å². The largest absolute Gasteiger partial charge is 0.508 e. The highest BCUT2D eigenvalue weighted by molar-refractivity contribution is 7.26. The number of aromatic hydroxyl groups is 1. The van der Waals surface area contributed by atoms with E-state index >= 15 is 0 Å². The first-order chi connectivity index (χ1) is 11.2. The average Bonchev–Trinajstić information content (AvgIpc) is 2.94. The maximum Gasteiger partial charge on any atom is 0.116 e. The number of aryl methyl sites for hydroxylation is 1. The molecule has 0 aliphatic rings. The van der Waals surface area contributed by atoms with Gasteiger partial charge in [0.1, 0.15) is 5.75 Å². The summed E-state index contributed by atoms with van der Waals surface area (Å²) in [6, 6.07) is 21.0. The molecule has 110 valence electrons. The van der Waals surface area contributed by atoms with Gasteiger partial charge in [0.25, 0.3) is 0 Å². The van der Waals surface area contributed by atoms with Crippen LogP contribution >= 0.6 is 11.3 Å². The van der Waals surface area contributed by atoms with E-state index in [4.69, 9.17) is 0 Å². The maximum absolute atomic E-state index is 9.96. The van der Waals surface area contributed by atoms with Crippen LogP contribution in [0.3, 0.4) is 0 Å². The zero-order chi connectivity index (χ0) is 15.6. The SMILES string of the molecule is Cc1ccc2ccc3sc4ccc5ccc(O)cc5c4c3c2c1. The molecule has 1 aromatic heterocycles. The van der Waals surface area contributed by atoms with Crippen molar-refractivity contribution in [3.63, 3.8) is 0 Å². The van der Waals surface area contributed by atoms with E-state index in [0.29, 0.717) is 5.75 Å². The molecule has 0 radical (unpaired) electrons. The summed E-state index contributed by atoms with van der Waals surface area (Å²) in [5, 5.41) is 17.4. The third-order valence-corrected chi connectivity index (χ3v) is 5.70. The van der Waals surface area contributed by atoms with Gasteiger partial charge in [0.15, 0.2) is 0 Å². The number of phenols is 1. The number of benzene rings is 4. The highest BCUT2D eigenvalue weighted by atomic mass is 32.1. The number of rotatable bonds is 0. The summed E-state index contributed by atoms with van der Waals surface area (Å²) in [5.41, 5.74) is 1.27. The van der Waals surface area contributed by atoms with E-state index in [1.807, 2.05) is 23.5 Å². The van der Waals surface area contributed by atoms with Gasteiger partial charge in [-0.05, 0) is 52.7 Å². The third kappa shape index (κ3) is 1.79. The fourth-order valence-electron chi connectivity index (χ4n) is 3.51. The second-order valence-electron chi connectivity index (χ2n) is 6.11. The average molecular weight is 314 g/mol. The monoisotopic (exact) mass is 314 g/mol. The molecule has 2 heteroatoms.